The van der Waals surface area contributed by atoms with E-state index in [1.807, 2.05) is 13.8 Å². The highest BCUT2D eigenvalue weighted by molar-refractivity contribution is 7.79. The van der Waals surface area contributed by atoms with Crippen molar-refractivity contribution in [3.05, 3.63) is 36.0 Å². The molecule has 4 heterocycles. The fourth-order valence-corrected chi connectivity index (χ4v) is 5.30. The van der Waals surface area contributed by atoms with Crippen molar-refractivity contribution in [3.63, 3.8) is 0 Å². The number of anilines is 1. The molecule has 186 valence electrons. The number of rotatable bonds is 7. The molecule has 3 aromatic heterocycles. The molecular weight excluding hydrogens is 495 g/mol. The van der Waals surface area contributed by atoms with Crippen molar-refractivity contribution in [1.29, 1.82) is 0 Å². The quantitative estimate of drug-likeness (QED) is 0.354. The van der Waals surface area contributed by atoms with Crippen LogP contribution in [0.4, 0.5) is 10.4 Å². The largest absolute Gasteiger partial charge is 0.466 e. The second kappa shape index (κ2) is 9.63. The lowest BCUT2D eigenvalue weighted by atomic mass is 9.92. The number of fused-ring (bicyclic) bond motifs is 1. The van der Waals surface area contributed by atoms with Gasteiger partial charge in [-0.15, -0.1) is 5.10 Å². The first kappa shape index (κ1) is 23.8. The van der Waals surface area contributed by atoms with E-state index in [-0.39, 0.29) is 16.9 Å². The van der Waals surface area contributed by atoms with Gasteiger partial charge in [0.25, 0.3) is 5.19 Å². The molecule has 35 heavy (non-hydrogen) atoms. The smallest absolute Gasteiger partial charge is 0.324 e. The zero-order chi connectivity index (χ0) is 24.7. The average molecular weight is 521 g/mol. The maximum atomic E-state index is 14.1. The van der Waals surface area contributed by atoms with E-state index < -0.39 is 16.9 Å². The average Bonchev–Trinajstić information content (AvgIpc) is 3.54. The fraction of sp³-hybridized carbons (Fsp3) is 0.455. The molecule has 1 saturated heterocycles. The summed E-state index contributed by atoms with van der Waals surface area (Å²) in [5.41, 5.74) is 1.02. The van der Waals surface area contributed by atoms with Crippen LogP contribution in [-0.2, 0) is 11.1 Å². The second-order valence-corrected chi connectivity index (χ2v) is 10.7. The number of piperidine rings is 1. The van der Waals surface area contributed by atoms with Gasteiger partial charge in [-0.1, -0.05) is 25.1 Å². The molecule has 10 nitrogen and oxygen atoms in total. The Morgan fingerprint density at radius 2 is 2.03 bits per heavy atom. The SMILES string of the molecule is CC(C)c1noc(N2CCC([C@H](C)Oc3nn4cc(-c5ccc(S(=O)O)c(F)c5)nc4s3)CC2)n1. The normalized spacial score (nSPS) is 16.8. The zero-order valence-corrected chi connectivity index (χ0v) is 21.1. The summed E-state index contributed by atoms with van der Waals surface area (Å²) < 4.78 is 47.5. The molecule has 0 saturated carbocycles. The number of imidazole rings is 1. The van der Waals surface area contributed by atoms with E-state index in [9.17, 15) is 8.60 Å². The van der Waals surface area contributed by atoms with Crippen LogP contribution in [0, 0.1) is 11.7 Å². The van der Waals surface area contributed by atoms with Crippen LogP contribution in [0.1, 0.15) is 45.4 Å². The molecule has 0 bridgehead atoms. The highest BCUT2D eigenvalue weighted by atomic mass is 32.2. The Balaban J connectivity index is 1.20. The molecule has 1 aliphatic heterocycles. The van der Waals surface area contributed by atoms with E-state index in [4.69, 9.17) is 13.8 Å². The maximum Gasteiger partial charge on any atom is 0.324 e. The Kier molecular flexibility index (Phi) is 6.55. The van der Waals surface area contributed by atoms with Crippen LogP contribution in [0.25, 0.3) is 16.2 Å². The van der Waals surface area contributed by atoms with Gasteiger partial charge in [-0.25, -0.2) is 18.1 Å². The Hall–Kier alpha value is -2.90. The van der Waals surface area contributed by atoms with Crippen LogP contribution in [0.5, 0.6) is 5.19 Å². The standard InChI is InChI=1S/C22H25FN6O4S2/c1-12(2)19-25-20(33-27-19)28-8-6-14(7-9-28)13(3)32-22-26-29-11-17(24-21(29)34-22)15-4-5-18(35(30)31)16(23)10-15/h4-5,10-14H,6-9H2,1-3H3,(H,30,31)/t13-/m0/s1. The van der Waals surface area contributed by atoms with E-state index in [0.717, 1.165) is 31.8 Å². The van der Waals surface area contributed by atoms with Gasteiger partial charge in [0.05, 0.1) is 11.9 Å². The van der Waals surface area contributed by atoms with Gasteiger partial charge in [0.1, 0.15) is 16.8 Å². The highest BCUT2D eigenvalue weighted by Crippen LogP contribution is 2.31. The third kappa shape index (κ3) is 4.93. The molecule has 1 unspecified atom stereocenters. The molecule has 4 aromatic rings. The van der Waals surface area contributed by atoms with E-state index >= 15 is 0 Å². The zero-order valence-electron chi connectivity index (χ0n) is 19.4. The van der Waals surface area contributed by atoms with Crippen molar-refractivity contribution < 1.29 is 22.4 Å². The molecule has 5 rings (SSSR count). The second-order valence-electron chi connectivity index (χ2n) is 8.85. The third-order valence-electron chi connectivity index (χ3n) is 6.15. The summed E-state index contributed by atoms with van der Waals surface area (Å²) in [6.45, 7) is 7.77. The van der Waals surface area contributed by atoms with E-state index in [0.29, 0.717) is 33.3 Å². The molecule has 2 atom stereocenters. The van der Waals surface area contributed by atoms with E-state index in [1.165, 1.54) is 23.5 Å². The van der Waals surface area contributed by atoms with Crippen LogP contribution >= 0.6 is 11.3 Å². The number of nitrogens with zero attached hydrogens (tertiary/aromatic N) is 6. The number of halogens is 1. The fourth-order valence-electron chi connectivity index (χ4n) is 4.08. The minimum absolute atomic E-state index is 0.0256. The van der Waals surface area contributed by atoms with Crippen molar-refractivity contribution in [3.8, 4) is 16.5 Å². The van der Waals surface area contributed by atoms with Crippen LogP contribution in [0.15, 0.2) is 33.8 Å². The topological polar surface area (TPSA) is 119 Å². The van der Waals surface area contributed by atoms with Gasteiger partial charge >= 0.3 is 6.01 Å². The lowest BCUT2D eigenvalue weighted by Crippen LogP contribution is -2.38. The van der Waals surface area contributed by atoms with Crippen LogP contribution in [-0.4, -0.2) is 52.7 Å². The molecule has 13 heteroatoms. The number of hydrogen-bond acceptors (Lipinski definition) is 9. The monoisotopic (exact) mass is 520 g/mol. The van der Waals surface area contributed by atoms with Crippen molar-refractivity contribution in [2.45, 2.75) is 50.5 Å². The molecule has 1 fully saturated rings. The molecule has 0 aliphatic carbocycles. The summed E-state index contributed by atoms with van der Waals surface area (Å²) in [6, 6.07) is 4.62. The summed E-state index contributed by atoms with van der Waals surface area (Å²) in [5, 5.41) is 9.03. The van der Waals surface area contributed by atoms with Crippen molar-refractivity contribution in [1.82, 2.24) is 24.7 Å². The summed E-state index contributed by atoms with van der Waals surface area (Å²) in [5.74, 6) is 0.563. The number of benzene rings is 1. The lowest BCUT2D eigenvalue weighted by molar-refractivity contribution is 0.130. The van der Waals surface area contributed by atoms with Crippen LogP contribution < -0.4 is 9.64 Å². The van der Waals surface area contributed by atoms with Gasteiger partial charge in [0.2, 0.25) is 4.96 Å². The van der Waals surface area contributed by atoms with Crippen LogP contribution in [0.2, 0.25) is 0 Å². The Morgan fingerprint density at radius 1 is 1.26 bits per heavy atom. The summed E-state index contributed by atoms with van der Waals surface area (Å²) >= 11 is -1.06. The summed E-state index contributed by atoms with van der Waals surface area (Å²) in [4.78, 5) is 11.5. The van der Waals surface area contributed by atoms with E-state index in [2.05, 4.69) is 32.0 Å². The van der Waals surface area contributed by atoms with Gasteiger partial charge in [0, 0.05) is 24.6 Å². The minimum Gasteiger partial charge on any atom is -0.466 e. The maximum absolute atomic E-state index is 14.1. The van der Waals surface area contributed by atoms with Crippen molar-refractivity contribution in [2.24, 2.45) is 5.92 Å². The predicted molar refractivity (Wildman–Crippen MR) is 129 cm³/mol. The third-order valence-corrected chi connectivity index (χ3v) is 7.67. The lowest BCUT2D eigenvalue weighted by Gasteiger charge is -2.33. The summed E-state index contributed by atoms with van der Waals surface area (Å²) in [6.07, 6.45) is 3.53. The first-order valence-corrected chi connectivity index (χ1v) is 13.2. The van der Waals surface area contributed by atoms with Gasteiger partial charge in [-0.2, -0.15) is 4.98 Å². The highest BCUT2D eigenvalue weighted by Gasteiger charge is 2.28. The first-order chi connectivity index (χ1) is 16.8. The van der Waals surface area contributed by atoms with Gasteiger partial charge in [-0.3, -0.25) is 0 Å². The number of hydrogen-bond donors (Lipinski definition) is 1. The van der Waals surface area contributed by atoms with Gasteiger partial charge < -0.3 is 18.7 Å². The van der Waals surface area contributed by atoms with Crippen molar-refractivity contribution in [2.75, 3.05) is 18.0 Å². The minimum atomic E-state index is -2.38. The molecule has 1 N–H and O–H groups in total. The van der Waals surface area contributed by atoms with Gasteiger partial charge in [0.15, 0.2) is 16.9 Å². The van der Waals surface area contributed by atoms with Gasteiger partial charge in [-0.05, 0) is 49.2 Å². The van der Waals surface area contributed by atoms with E-state index in [1.54, 1.807) is 16.8 Å². The Morgan fingerprint density at radius 3 is 2.66 bits per heavy atom. The molecular formula is C22H25FN6O4S2. The number of aromatic nitrogens is 5. The molecule has 1 aromatic carbocycles. The summed E-state index contributed by atoms with van der Waals surface area (Å²) in [7, 11) is 0. The first-order valence-electron chi connectivity index (χ1n) is 11.3. The molecule has 0 radical (unpaired) electrons. The molecule has 0 amide bonds. The Bertz CT molecular complexity index is 1330. The predicted octanol–water partition coefficient (Wildman–Crippen LogP) is 4.37. The van der Waals surface area contributed by atoms with Crippen LogP contribution in [0.3, 0.4) is 0 Å². The molecule has 1 aliphatic rings. The number of ether oxygens (including phenoxy) is 1. The Labute approximate surface area is 207 Å². The van der Waals surface area contributed by atoms with Crippen molar-refractivity contribution >= 4 is 33.4 Å². The molecule has 0 spiro atoms.